The van der Waals surface area contributed by atoms with Crippen molar-refractivity contribution in [3.05, 3.63) is 29.8 Å². The van der Waals surface area contributed by atoms with Crippen LogP contribution in [-0.2, 0) is 19.4 Å². The Morgan fingerprint density at radius 1 is 1.35 bits per heavy atom. The third-order valence-electron chi connectivity index (χ3n) is 2.28. The summed E-state index contributed by atoms with van der Waals surface area (Å²) in [5.74, 6) is -1.54. The van der Waals surface area contributed by atoms with Crippen LogP contribution in [0.15, 0.2) is 29.2 Å². The van der Waals surface area contributed by atoms with E-state index in [1.807, 2.05) is 0 Å². The van der Waals surface area contributed by atoms with E-state index < -0.39 is 28.3 Å². The van der Waals surface area contributed by atoms with Crippen LogP contribution in [0.3, 0.4) is 0 Å². The molecule has 0 fully saturated rings. The van der Waals surface area contributed by atoms with E-state index in [0.717, 1.165) is 6.26 Å². The predicted octanol–water partition coefficient (Wildman–Crippen LogP) is -0.0789. The largest absolute Gasteiger partial charge is 0.480 e. The Balaban J connectivity index is 2.54. The average molecular weight is 301 g/mol. The van der Waals surface area contributed by atoms with Crippen LogP contribution in [-0.4, -0.2) is 51.4 Å². The lowest BCUT2D eigenvalue weighted by Crippen LogP contribution is -2.28. The molecule has 7 nitrogen and oxygen atoms in total. The molecule has 20 heavy (non-hydrogen) atoms. The fourth-order valence-corrected chi connectivity index (χ4v) is 2.03. The van der Waals surface area contributed by atoms with Crippen LogP contribution in [0.1, 0.15) is 10.4 Å². The van der Waals surface area contributed by atoms with Gasteiger partial charge in [0.2, 0.25) is 0 Å². The summed E-state index contributed by atoms with van der Waals surface area (Å²) >= 11 is 0. The van der Waals surface area contributed by atoms with Gasteiger partial charge in [0, 0.05) is 18.4 Å². The van der Waals surface area contributed by atoms with Gasteiger partial charge in [0.1, 0.15) is 6.61 Å². The minimum absolute atomic E-state index is 0.0593. The summed E-state index contributed by atoms with van der Waals surface area (Å²) in [6.45, 7) is -0.238. The molecule has 0 atom stereocenters. The number of aliphatic carboxylic acids is 1. The van der Waals surface area contributed by atoms with E-state index >= 15 is 0 Å². The van der Waals surface area contributed by atoms with E-state index in [0.29, 0.717) is 0 Å². The Kier molecular flexibility index (Phi) is 5.66. The summed E-state index contributed by atoms with van der Waals surface area (Å²) in [5.41, 5.74) is 0.214. The number of amides is 1. The van der Waals surface area contributed by atoms with Crippen LogP contribution in [0.2, 0.25) is 0 Å². The van der Waals surface area contributed by atoms with Crippen molar-refractivity contribution in [1.29, 1.82) is 0 Å². The molecule has 110 valence electrons. The van der Waals surface area contributed by atoms with Crippen LogP contribution in [0, 0.1) is 0 Å². The second-order valence-electron chi connectivity index (χ2n) is 4.00. The number of benzene rings is 1. The summed E-state index contributed by atoms with van der Waals surface area (Å²) < 4.78 is 27.5. The Morgan fingerprint density at radius 3 is 2.65 bits per heavy atom. The van der Waals surface area contributed by atoms with Gasteiger partial charge in [0.05, 0.1) is 11.5 Å². The van der Waals surface area contributed by atoms with Gasteiger partial charge in [0.25, 0.3) is 5.91 Å². The molecule has 0 spiro atoms. The maximum absolute atomic E-state index is 11.7. The van der Waals surface area contributed by atoms with E-state index in [2.05, 4.69) is 5.32 Å². The minimum atomic E-state index is -3.37. The Bertz CT molecular complexity index is 596. The zero-order valence-corrected chi connectivity index (χ0v) is 11.6. The van der Waals surface area contributed by atoms with Crippen molar-refractivity contribution in [2.24, 2.45) is 0 Å². The monoisotopic (exact) mass is 301 g/mol. The van der Waals surface area contributed by atoms with Gasteiger partial charge in [-0.25, -0.2) is 13.2 Å². The van der Waals surface area contributed by atoms with Crippen molar-refractivity contribution < 1.29 is 27.9 Å². The van der Waals surface area contributed by atoms with Crippen LogP contribution in [0.25, 0.3) is 0 Å². The molecule has 0 aromatic heterocycles. The van der Waals surface area contributed by atoms with Gasteiger partial charge in [0.15, 0.2) is 9.84 Å². The zero-order chi connectivity index (χ0) is 15.2. The zero-order valence-electron chi connectivity index (χ0n) is 10.8. The molecule has 1 aromatic carbocycles. The SMILES string of the molecule is CS(=O)(=O)c1cccc(C(=O)NCCOCC(=O)O)c1. The first-order chi connectivity index (χ1) is 9.30. The lowest BCUT2D eigenvalue weighted by molar-refractivity contribution is -0.142. The fourth-order valence-electron chi connectivity index (χ4n) is 1.37. The number of sulfone groups is 1. The molecule has 0 aliphatic rings. The topological polar surface area (TPSA) is 110 Å². The standard InChI is InChI=1S/C12H15NO6S/c1-20(17,18)10-4-2-3-9(7-10)12(16)13-5-6-19-8-11(14)15/h2-4,7H,5-6,8H2,1H3,(H,13,16)(H,14,15). The quantitative estimate of drug-likeness (QED) is 0.682. The molecule has 0 radical (unpaired) electrons. The summed E-state index contributed by atoms with van der Waals surface area (Å²) in [5, 5.41) is 10.8. The normalized spacial score (nSPS) is 11.1. The number of carboxylic acids is 1. The van der Waals surface area contributed by atoms with Crippen molar-refractivity contribution >= 4 is 21.7 Å². The molecule has 0 bridgehead atoms. The number of carbonyl (C=O) groups excluding carboxylic acids is 1. The van der Waals surface area contributed by atoms with Gasteiger partial charge < -0.3 is 15.2 Å². The lowest BCUT2D eigenvalue weighted by Gasteiger charge is -2.06. The number of carbonyl (C=O) groups is 2. The van der Waals surface area contributed by atoms with Gasteiger partial charge in [-0.3, -0.25) is 4.79 Å². The maximum atomic E-state index is 11.7. The first kappa shape index (κ1) is 16.1. The van der Waals surface area contributed by atoms with Crippen LogP contribution < -0.4 is 5.32 Å². The number of hydrogen-bond donors (Lipinski definition) is 2. The number of carboxylic acid groups (broad SMARTS) is 1. The summed E-state index contributed by atoms with van der Waals surface area (Å²) in [6, 6.07) is 5.65. The molecule has 0 aliphatic heterocycles. The van der Waals surface area contributed by atoms with E-state index in [9.17, 15) is 18.0 Å². The number of hydrogen-bond acceptors (Lipinski definition) is 5. The third kappa shape index (κ3) is 5.37. The highest BCUT2D eigenvalue weighted by Crippen LogP contribution is 2.11. The maximum Gasteiger partial charge on any atom is 0.329 e. The molecule has 0 unspecified atom stereocenters. The molecule has 8 heteroatoms. The Morgan fingerprint density at radius 2 is 2.05 bits per heavy atom. The number of rotatable bonds is 7. The fraction of sp³-hybridized carbons (Fsp3) is 0.333. The van der Waals surface area contributed by atoms with Crippen molar-refractivity contribution in [2.75, 3.05) is 26.0 Å². The highest BCUT2D eigenvalue weighted by Gasteiger charge is 2.11. The second kappa shape index (κ2) is 7.01. The Labute approximate surface area is 116 Å². The molecule has 1 aromatic rings. The molecule has 0 aliphatic carbocycles. The summed E-state index contributed by atoms with van der Waals surface area (Å²) in [4.78, 5) is 22.0. The van der Waals surface area contributed by atoms with Crippen LogP contribution in [0.4, 0.5) is 0 Å². The molecule has 0 saturated heterocycles. The van der Waals surface area contributed by atoms with Gasteiger partial charge in [-0.15, -0.1) is 0 Å². The molecular formula is C12H15NO6S. The molecular weight excluding hydrogens is 286 g/mol. The highest BCUT2D eigenvalue weighted by molar-refractivity contribution is 7.90. The van der Waals surface area contributed by atoms with E-state index in [1.165, 1.54) is 24.3 Å². The molecule has 0 saturated carbocycles. The van der Waals surface area contributed by atoms with Gasteiger partial charge >= 0.3 is 5.97 Å². The number of nitrogens with one attached hydrogen (secondary N) is 1. The Hall–Kier alpha value is -1.93. The van der Waals surface area contributed by atoms with Crippen molar-refractivity contribution in [1.82, 2.24) is 5.32 Å². The summed E-state index contributed by atoms with van der Waals surface area (Å²) in [7, 11) is -3.37. The first-order valence-corrected chi connectivity index (χ1v) is 7.57. The van der Waals surface area contributed by atoms with Gasteiger partial charge in [-0.05, 0) is 18.2 Å². The lowest BCUT2D eigenvalue weighted by atomic mass is 10.2. The van der Waals surface area contributed by atoms with Crippen LogP contribution >= 0.6 is 0 Å². The average Bonchev–Trinajstić information content (AvgIpc) is 2.37. The van der Waals surface area contributed by atoms with E-state index in [-0.39, 0.29) is 23.6 Å². The highest BCUT2D eigenvalue weighted by atomic mass is 32.2. The molecule has 2 N–H and O–H groups in total. The smallest absolute Gasteiger partial charge is 0.329 e. The van der Waals surface area contributed by atoms with Gasteiger partial charge in [-0.2, -0.15) is 0 Å². The molecule has 1 rings (SSSR count). The number of ether oxygens (including phenoxy) is 1. The van der Waals surface area contributed by atoms with Crippen molar-refractivity contribution in [3.63, 3.8) is 0 Å². The van der Waals surface area contributed by atoms with Gasteiger partial charge in [-0.1, -0.05) is 6.07 Å². The molecule has 1 amide bonds. The first-order valence-electron chi connectivity index (χ1n) is 5.68. The van der Waals surface area contributed by atoms with E-state index in [4.69, 9.17) is 9.84 Å². The third-order valence-corrected chi connectivity index (χ3v) is 3.39. The second-order valence-corrected chi connectivity index (χ2v) is 6.02. The molecule has 0 heterocycles. The predicted molar refractivity (Wildman–Crippen MR) is 70.3 cm³/mol. The van der Waals surface area contributed by atoms with Crippen LogP contribution in [0.5, 0.6) is 0 Å². The minimum Gasteiger partial charge on any atom is -0.480 e. The summed E-state index contributed by atoms with van der Waals surface area (Å²) in [6.07, 6.45) is 1.06. The van der Waals surface area contributed by atoms with Crippen molar-refractivity contribution in [2.45, 2.75) is 4.90 Å². The van der Waals surface area contributed by atoms with E-state index in [1.54, 1.807) is 0 Å². The van der Waals surface area contributed by atoms with Crippen molar-refractivity contribution in [3.8, 4) is 0 Å².